The number of nitriles is 1. The molecule has 6 heteroatoms. The van der Waals surface area contributed by atoms with Gasteiger partial charge < -0.3 is 20.6 Å². The van der Waals surface area contributed by atoms with Crippen molar-refractivity contribution >= 4 is 0 Å². The Hall–Kier alpha value is 0.0964. The second kappa shape index (κ2) is 7.38. The summed E-state index contributed by atoms with van der Waals surface area (Å²) in [5.74, 6) is 0.278. The molecule has 0 saturated heterocycles. The third-order valence-electron chi connectivity index (χ3n) is 1.48. The molecule has 76 valence electrons. The summed E-state index contributed by atoms with van der Waals surface area (Å²) in [5.41, 5.74) is 0. The molecule has 2 atom stereocenters. The summed E-state index contributed by atoms with van der Waals surface area (Å²) in [4.78, 5) is 0. The standard InChI is InChI=1S/C9H12N3O2.K/c1-7(13)6-12-4-3-9(11-12)14-8(2)5-10;/h4,7-8,13H,6H2,1-2H3;/q-1;+1. The molecule has 1 aromatic rings. The molecule has 0 bridgehead atoms. The van der Waals surface area contributed by atoms with Gasteiger partial charge in [-0.15, -0.1) is 0 Å². The Kier molecular flexibility index (Phi) is 7.43. The minimum Gasteiger partial charge on any atom is -0.492 e. The maximum Gasteiger partial charge on any atom is 1.00 e. The molecule has 1 rings (SSSR count). The van der Waals surface area contributed by atoms with Crippen LogP contribution in [0.15, 0.2) is 6.20 Å². The number of aliphatic hydroxyl groups excluding tert-OH is 1. The van der Waals surface area contributed by atoms with Crippen LogP contribution in [0.5, 0.6) is 5.88 Å². The first kappa shape index (κ1) is 15.1. The zero-order chi connectivity index (χ0) is 10.6. The number of rotatable bonds is 4. The Balaban J connectivity index is 0.00000196. The van der Waals surface area contributed by atoms with Gasteiger partial charge in [0.2, 0.25) is 0 Å². The number of aromatic nitrogens is 2. The SMILES string of the molecule is CC(O)Cn1c[c-]c(OC(C)C#N)n1.[K+]. The van der Waals surface area contributed by atoms with E-state index in [4.69, 9.17) is 15.1 Å². The van der Waals surface area contributed by atoms with Gasteiger partial charge >= 0.3 is 51.4 Å². The molecule has 2 unspecified atom stereocenters. The second-order valence-corrected chi connectivity index (χ2v) is 3.04. The summed E-state index contributed by atoms with van der Waals surface area (Å²) >= 11 is 0. The first-order chi connectivity index (χ1) is 6.61. The van der Waals surface area contributed by atoms with E-state index in [9.17, 15) is 0 Å². The van der Waals surface area contributed by atoms with Crippen molar-refractivity contribution in [2.75, 3.05) is 0 Å². The average molecular weight is 233 g/mol. The molecule has 0 aliphatic rings. The summed E-state index contributed by atoms with van der Waals surface area (Å²) in [6, 6.07) is 4.67. The minimum atomic E-state index is -0.541. The smallest absolute Gasteiger partial charge is 0.492 e. The van der Waals surface area contributed by atoms with E-state index in [-0.39, 0.29) is 57.3 Å². The normalized spacial score (nSPS) is 13.5. The Labute approximate surface area is 131 Å². The van der Waals surface area contributed by atoms with Gasteiger partial charge in [0.25, 0.3) is 0 Å². The fourth-order valence-electron chi connectivity index (χ4n) is 0.920. The quantitative estimate of drug-likeness (QED) is 0.456. The number of ether oxygens (including phenoxy) is 1. The van der Waals surface area contributed by atoms with Crippen LogP contribution in [-0.4, -0.2) is 27.1 Å². The number of aliphatic hydroxyl groups is 1. The van der Waals surface area contributed by atoms with Crippen LogP contribution < -0.4 is 56.1 Å². The maximum absolute atomic E-state index is 9.08. The van der Waals surface area contributed by atoms with E-state index in [0.717, 1.165) is 0 Å². The molecule has 0 radical (unpaired) electrons. The van der Waals surface area contributed by atoms with Gasteiger partial charge in [0.15, 0.2) is 6.10 Å². The Morgan fingerprint density at radius 1 is 1.73 bits per heavy atom. The van der Waals surface area contributed by atoms with Gasteiger partial charge in [0.05, 0.1) is 18.5 Å². The number of hydrogen-bond acceptors (Lipinski definition) is 4. The van der Waals surface area contributed by atoms with Crippen LogP contribution in [0.3, 0.4) is 0 Å². The van der Waals surface area contributed by atoms with Crippen molar-refractivity contribution < 1.29 is 61.2 Å². The molecule has 0 saturated carbocycles. The zero-order valence-electron chi connectivity index (χ0n) is 9.14. The van der Waals surface area contributed by atoms with Crippen molar-refractivity contribution in [1.82, 2.24) is 9.78 Å². The van der Waals surface area contributed by atoms with Crippen molar-refractivity contribution in [2.24, 2.45) is 0 Å². The van der Waals surface area contributed by atoms with Gasteiger partial charge in [-0.1, -0.05) is 0 Å². The summed E-state index contributed by atoms with van der Waals surface area (Å²) in [6.45, 7) is 3.68. The Morgan fingerprint density at radius 2 is 2.40 bits per heavy atom. The molecule has 0 aliphatic carbocycles. The average Bonchev–Trinajstić information content (AvgIpc) is 2.51. The van der Waals surface area contributed by atoms with E-state index in [2.05, 4.69) is 11.2 Å². The van der Waals surface area contributed by atoms with Crippen LogP contribution in [0, 0.1) is 17.4 Å². The molecular weight excluding hydrogens is 221 g/mol. The van der Waals surface area contributed by atoms with Gasteiger partial charge in [-0.2, -0.15) is 16.6 Å². The summed E-state index contributed by atoms with van der Waals surface area (Å²) in [5, 5.41) is 21.5. The molecular formula is C9H12KN3O2. The molecule has 0 spiro atoms. The van der Waals surface area contributed by atoms with E-state index in [1.165, 1.54) is 4.68 Å². The molecule has 1 N–H and O–H groups in total. The van der Waals surface area contributed by atoms with Crippen molar-refractivity contribution in [1.29, 1.82) is 5.26 Å². The molecule has 5 nitrogen and oxygen atoms in total. The van der Waals surface area contributed by atoms with Gasteiger partial charge in [-0.3, -0.25) is 0 Å². The third-order valence-corrected chi connectivity index (χ3v) is 1.48. The Morgan fingerprint density at radius 3 is 2.93 bits per heavy atom. The maximum atomic E-state index is 9.08. The van der Waals surface area contributed by atoms with Crippen molar-refractivity contribution in [3.8, 4) is 11.9 Å². The molecule has 0 aromatic carbocycles. The predicted octanol–water partition coefficient (Wildman–Crippen LogP) is -2.64. The fraction of sp³-hybridized carbons (Fsp3) is 0.556. The van der Waals surface area contributed by atoms with Crippen LogP contribution in [-0.2, 0) is 6.54 Å². The monoisotopic (exact) mass is 233 g/mol. The van der Waals surface area contributed by atoms with Crippen LogP contribution in [0.4, 0.5) is 0 Å². The predicted molar refractivity (Wildman–Crippen MR) is 48.4 cm³/mol. The zero-order valence-corrected chi connectivity index (χ0v) is 12.3. The molecule has 1 heterocycles. The topological polar surface area (TPSA) is 71.1 Å². The van der Waals surface area contributed by atoms with E-state index in [1.54, 1.807) is 20.0 Å². The van der Waals surface area contributed by atoms with Gasteiger partial charge in [-0.25, -0.2) is 0 Å². The third kappa shape index (κ3) is 5.66. The second-order valence-electron chi connectivity index (χ2n) is 3.04. The summed E-state index contributed by atoms with van der Waals surface area (Å²) in [7, 11) is 0. The number of nitrogens with zero attached hydrogens (tertiary/aromatic N) is 3. The molecule has 0 fully saturated rings. The summed E-state index contributed by atoms with van der Waals surface area (Å²) in [6.07, 6.45) is 0.567. The first-order valence-corrected chi connectivity index (χ1v) is 4.31. The summed E-state index contributed by atoms with van der Waals surface area (Å²) < 4.78 is 6.61. The van der Waals surface area contributed by atoms with E-state index < -0.39 is 12.2 Å². The van der Waals surface area contributed by atoms with Crippen molar-refractivity contribution in [3.05, 3.63) is 12.3 Å². The molecule has 0 aliphatic heterocycles. The first-order valence-electron chi connectivity index (χ1n) is 4.31. The fourth-order valence-corrected chi connectivity index (χ4v) is 0.920. The van der Waals surface area contributed by atoms with Crippen LogP contribution in [0.2, 0.25) is 0 Å². The van der Waals surface area contributed by atoms with Crippen molar-refractivity contribution in [2.45, 2.75) is 32.6 Å². The van der Waals surface area contributed by atoms with E-state index in [0.29, 0.717) is 6.54 Å². The van der Waals surface area contributed by atoms with Gasteiger partial charge in [0, 0.05) is 0 Å². The number of hydrogen-bond donors (Lipinski definition) is 1. The minimum absolute atomic E-state index is 0. The van der Waals surface area contributed by atoms with Gasteiger partial charge in [-0.05, 0) is 13.8 Å². The van der Waals surface area contributed by atoms with Crippen LogP contribution in [0.1, 0.15) is 13.8 Å². The largest absolute Gasteiger partial charge is 1.00 e. The van der Waals surface area contributed by atoms with Crippen LogP contribution >= 0.6 is 0 Å². The molecule has 15 heavy (non-hydrogen) atoms. The van der Waals surface area contributed by atoms with Gasteiger partial charge in [0.1, 0.15) is 6.07 Å². The molecule has 0 amide bonds. The Bertz CT molecular complexity index is 332. The van der Waals surface area contributed by atoms with Crippen molar-refractivity contribution in [3.63, 3.8) is 0 Å². The molecule has 1 aromatic heterocycles. The van der Waals surface area contributed by atoms with E-state index in [1.807, 2.05) is 6.07 Å². The van der Waals surface area contributed by atoms with Crippen LogP contribution in [0.25, 0.3) is 0 Å². The van der Waals surface area contributed by atoms with E-state index >= 15 is 0 Å².